The summed E-state index contributed by atoms with van der Waals surface area (Å²) < 4.78 is 184. The van der Waals surface area contributed by atoms with Crippen molar-refractivity contribution < 1.29 is 89.4 Å². The number of benzene rings is 5. The molecular formula is C30H20F20S5. The molecule has 0 aliphatic carbocycles. The maximum atomic E-state index is 12.3. The molecule has 0 aromatic heterocycles. The molecule has 0 saturated heterocycles. The van der Waals surface area contributed by atoms with Crippen molar-refractivity contribution >= 4 is 63.1 Å². The Balaban J connectivity index is -0.000000185. The van der Waals surface area contributed by atoms with E-state index in [1.807, 2.05) is 0 Å². The Morgan fingerprint density at radius 1 is 0.200 bits per heavy atom. The van der Waals surface area contributed by atoms with E-state index in [1.54, 1.807) is 0 Å². The predicted molar refractivity (Wildman–Crippen MR) is 180 cm³/mol. The van der Waals surface area contributed by atoms with E-state index < -0.39 is 112 Å². The van der Waals surface area contributed by atoms with Gasteiger partial charge in [-0.1, -0.05) is 0 Å². The number of rotatable bonds is 0. The van der Waals surface area contributed by atoms with E-state index in [-0.39, 0.29) is 23.5 Å². The van der Waals surface area contributed by atoms with Crippen molar-refractivity contribution in [3.8, 4) is 0 Å². The van der Waals surface area contributed by atoms with Gasteiger partial charge in [-0.25, -0.2) is 65.9 Å². The van der Waals surface area contributed by atoms with Crippen molar-refractivity contribution in [2.75, 3.05) is 0 Å². The van der Waals surface area contributed by atoms with Crippen molar-refractivity contribution in [3.05, 3.63) is 148 Å². The minimum absolute atomic E-state index is 0. The van der Waals surface area contributed by atoms with E-state index in [4.69, 9.17) is 0 Å². The fourth-order valence-corrected chi connectivity index (χ4v) is 3.49. The Morgan fingerprint density at radius 2 is 0.291 bits per heavy atom. The molecular weight excluding hydrogens is 901 g/mol. The normalized spacial score (nSPS) is 9.09. The van der Waals surface area contributed by atoms with Gasteiger partial charge in [-0.2, -0.15) is 0 Å². The molecule has 0 atom stereocenters. The topological polar surface area (TPSA) is 0 Å². The molecule has 5 rings (SSSR count). The molecule has 0 heterocycles. The summed E-state index contributed by atoms with van der Waals surface area (Å²) in [5, 5.41) is 0. The molecule has 0 bridgehead atoms. The van der Waals surface area contributed by atoms with E-state index in [9.17, 15) is 65.9 Å². The molecule has 5 aromatic rings. The summed E-state index contributed by atoms with van der Waals surface area (Å²) in [6, 6.07) is 7.66. The lowest BCUT2D eigenvalue weighted by atomic mass is 10.3. The van der Waals surface area contributed by atoms with Gasteiger partial charge >= 0.3 is 0 Å². The second-order valence-corrected chi connectivity index (χ2v) is 10.7. The highest BCUT2D eigenvalue weighted by molar-refractivity contribution is 7.81. The van der Waals surface area contributed by atoms with Gasteiger partial charge in [-0.3, -0.25) is 23.5 Å². The summed E-state index contributed by atoms with van der Waals surface area (Å²) in [7, 11) is 0. The molecule has 0 aliphatic heterocycles. The van der Waals surface area contributed by atoms with E-state index in [0.29, 0.717) is 30.3 Å². The molecule has 0 amide bonds. The second kappa shape index (κ2) is 27.9. The first-order valence-electron chi connectivity index (χ1n) is 12.3. The summed E-state index contributed by atoms with van der Waals surface area (Å²) in [6.45, 7) is 0. The summed E-state index contributed by atoms with van der Waals surface area (Å²) >= 11 is 17.0. The van der Waals surface area contributed by atoms with Crippen LogP contribution in [0.2, 0.25) is 0 Å². The first-order chi connectivity index (χ1) is 23.1. The number of halogens is 20. The van der Waals surface area contributed by atoms with Gasteiger partial charge in [0.05, 0.1) is 24.5 Å². The molecule has 0 unspecified atom stereocenters. The maximum Gasteiger partial charge on any atom is 0.175 e. The third-order valence-corrected chi connectivity index (χ3v) is 7.15. The van der Waals surface area contributed by atoms with Crippen LogP contribution in [-0.4, -0.2) is 0 Å². The molecule has 310 valence electrons. The Hall–Kier alpha value is -3.55. The minimum atomic E-state index is -1.25. The van der Waals surface area contributed by atoms with Crippen LogP contribution in [0.25, 0.3) is 0 Å². The first-order valence-corrected chi connectivity index (χ1v) is 14.5. The lowest BCUT2D eigenvalue weighted by Gasteiger charge is -1.96. The van der Waals surface area contributed by atoms with Crippen molar-refractivity contribution in [2.45, 2.75) is 24.5 Å². The molecule has 25 heteroatoms. The highest BCUT2D eigenvalue weighted by atomic mass is 32.1. The van der Waals surface area contributed by atoms with Crippen LogP contribution in [0.3, 0.4) is 0 Å². The largest absolute Gasteiger partial charge is 0.269 e. The third-order valence-electron chi connectivity index (χ3n) is 5.10. The van der Waals surface area contributed by atoms with Crippen molar-refractivity contribution in [2.24, 2.45) is 0 Å². The third kappa shape index (κ3) is 17.9. The zero-order valence-electron chi connectivity index (χ0n) is 25.7. The zero-order valence-corrected chi connectivity index (χ0v) is 30.2. The Bertz CT molecular complexity index is 1490. The summed E-state index contributed by atoms with van der Waals surface area (Å²) in [4.78, 5) is -2.92. The van der Waals surface area contributed by atoms with E-state index in [2.05, 4.69) is 63.1 Å². The molecule has 0 radical (unpaired) electrons. The monoisotopic (exact) mass is 920 g/mol. The van der Waals surface area contributed by atoms with Gasteiger partial charge in [0.15, 0.2) is 58.2 Å². The summed E-state index contributed by atoms with van der Waals surface area (Å²) in [5.41, 5.74) is 0. The van der Waals surface area contributed by atoms with Crippen LogP contribution in [0.1, 0.15) is 0 Å². The van der Waals surface area contributed by atoms with Gasteiger partial charge in [-0.05, 0) is 60.7 Å². The van der Waals surface area contributed by atoms with E-state index in [0.717, 1.165) is 30.3 Å². The predicted octanol–water partition coefficient (Wildman–Crippen LogP) is 12.7. The summed E-state index contributed by atoms with van der Waals surface area (Å²) in [5.74, 6) is -16.0. The van der Waals surface area contributed by atoms with Crippen LogP contribution in [0.5, 0.6) is 0 Å². The van der Waals surface area contributed by atoms with Crippen molar-refractivity contribution in [1.82, 2.24) is 0 Å². The van der Waals surface area contributed by atoms with E-state index in [1.165, 1.54) is 0 Å². The van der Waals surface area contributed by atoms with E-state index >= 15 is 0 Å². The lowest BCUT2D eigenvalue weighted by molar-refractivity contribution is 0.468. The van der Waals surface area contributed by atoms with Crippen molar-refractivity contribution in [3.63, 3.8) is 0 Å². The lowest BCUT2D eigenvalue weighted by Crippen LogP contribution is -1.88. The molecule has 0 fully saturated rings. The van der Waals surface area contributed by atoms with Crippen LogP contribution in [0.4, 0.5) is 89.4 Å². The highest BCUT2D eigenvalue weighted by Crippen LogP contribution is 2.22. The maximum absolute atomic E-state index is 12.3. The average molecular weight is 921 g/mol. The van der Waals surface area contributed by atoms with Crippen LogP contribution >= 0.6 is 63.1 Å². The number of hydrogen-bond donors (Lipinski definition) is 5. The Morgan fingerprint density at radius 3 is 0.382 bits per heavy atom. The fourth-order valence-electron chi connectivity index (χ4n) is 2.58. The zero-order chi connectivity index (χ0) is 38.6. The van der Waals surface area contributed by atoms with Gasteiger partial charge in [0.1, 0.15) is 29.1 Å². The molecule has 0 saturated carbocycles. The molecule has 0 nitrogen and oxygen atoms in total. The van der Waals surface area contributed by atoms with Crippen LogP contribution in [0.15, 0.2) is 85.1 Å². The number of hydrogen-bond acceptors (Lipinski definition) is 5. The average Bonchev–Trinajstić information content (AvgIpc) is 3.10. The standard InChI is InChI=1S/5C6H3F3S.5FH/c5*7-3-1-2-4(8)6(10)5(3)9;;;;;/h5*1-2,10H;5*1H. The smallest absolute Gasteiger partial charge is 0.175 e. The Labute approximate surface area is 324 Å². The molecule has 0 spiro atoms. The van der Waals surface area contributed by atoms with Gasteiger partial charge in [0.25, 0.3) is 0 Å². The summed E-state index contributed by atoms with van der Waals surface area (Å²) in [6.07, 6.45) is 0. The quantitative estimate of drug-likeness (QED) is 0.0571. The van der Waals surface area contributed by atoms with Crippen LogP contribution < -0.4 is 0 Å². The van der Waals surface area contributed by atoms with Gasteiger partial charge in [0.2, 0.25) is 0 Å². The fraction of sp³-hybridized carbons (Fsp3) is 0. The van der Waals surface area contributed by atoms with Crippen LogP contribution in [0, 0.1) is 87.3 Å². The van der Waals surface area contributed by atoms with Crippen molar-refractivity contribution in [1.29, 1.82) is 0 Å². The molecule has 0 aliphatic rings. The van der Waals surface area contributed by atoms with Crippen LogP contribution in [-0.2, 0) is 0 Å². The molecule has 5 aromatic carbocycles. The Kier molecular flexibility index (Phi) is 30.8. The molecule has 0 N–H and O–H groups in total. The van der Waals surface area contributed by atoms with Gasteiger partial charge in [-0.15, -0.1) is 63.1 Å². The van der Waals surface area contributed by atoms with Gasteiger partial charge < -0.3 is 0 Å². The second-order valence-electron chi connectivity index (χ2n) is 8.46. The highest BCUT2D eigenvalue weighted by Gasteiger charge is 2.12. The SMILES string of the molecule is F.F.F.F.F.Fc1ccc(F)c(S)c1F.Fc1ccc(F)c(S)c1F.Fc1ccc(F)c(S)c1F.Fc1ccc(F)c(S)c1F.Fc1ccc(F)c(S)c1F. The molecule has 55 heavy (non-hydrogen) atoms. The van der Waals surface area contributed by atoms with Gasteiger partial charge in [0, 0.05) is 0 Å². The number of thiol groups is 5. The minimum Gasteiger partial charge on any atom is -0.269 e. The first kappa shape index (κ1) is 60.7.